The summed E-state index contributed by atoms with van der Waals surface area (Å²) in [5.74, 6) is 0. The lowest BCUT2D eigenvalue weighted by Crippen LogP contribution is -2.23. The van der Waals surface area contributed by atoms with Gasteiger partial charge in [0.1, 0.15) is 0 Å². The lowest BCUT2D eigenvalue weighted by Gasteiger charge is -2.17. The molecule has 0 aliphatic carbocycles. The first-order valence-electron chi connectivity index (χ1n) is 4.85. The molecule has 0 amide bonds. The fraction of sp³-hybridized carbons (Fsp3) is 0.400. The predicted octanol–water partition coefficient (Wildman–Crippen LogP) is 1.13. The highest BCUT2D eigenvalue weighted by Crippen LogP contribution is 2.19. The van der Waals surface area contributed by atoms with Gasteiger partial charge in [-0.2, -0.15) is 0 Å². The fourth-order valence-corrected chi connectivity index (χ4v) is 2.31. The van der Waals surface area contributed by atoms with Crippen LogP contribution in [0.1, 0.15) is 11.1 Å². The molecule has 1 aliphatic rings. The van der Waals surface area contributed by atoms with Crippen molar-refractivity contribution < 1.29 is 8.42 Å². The molecule has 0 saturated carbocycles. The first kappa shape index (κ1) is 13.3. The molecule has 1 heterocycles. The molecule has 90 valence electrons. The van der Waals surface area contributed by atoms with Gasteiger partial charge < -0.3 is 5.32 Å². The minimum absolute atomic E-state index is 0. The lowest BCUT2D eigenvalue weighted by molar-refractivity contribution is 0.606. The van der Waals surface area contributed by atoms with Crippen molar-refractivity contribution in [3.05, 3.63) is 29.3 Å². The standard InChI is InChI=1S/C10H14N2O2S.ClH/c1-15(13,14)12-10-3-2-9-7-11-5-4-8(9)6-10;/h2-3,6,11-12H,4-5,7H2,1H3;1H. The van der Waals surface area contributed by atoms with Crippen LogP contribution in [0.25, 0.3) is 0 Å². The van der Waals surface area contributed by atoms with E-state index in [1.807, 2.05) is 12.1 Å². The molecule has 6 heteroatoms. The maximum absolute atomic E-state index is 11.0. The van der Waals surface area contributed by atoms with Crippen LogP contribution in [0.15, 0.2) is 18.2 Å². The maximum atomic E-state index is 11.0. The third-order valence-electron chi connectivity index (χ3n) is 2.40. The van der Waals surface area contributed by atoms with Crippen molar-refractivity contribution in [2.75, 3.05) is 17.5 Å². The summed E-state index contributed by atoms with van der Waals surface area (Å²) in [7, 11) is -3.17. The van der Waals surface area contributed by atoms with Crippen LogP contribution < -0.4 is 10.0 Å². The first-order chi connectivity index (χ1) is 7.04. The number of benzene rings is 1. The van der Waals surface area contributed by atoms with Crippen molar-refractivity contribution in [2.45, 2.75) is 13.0 Å². The van der Waals surface area contributed by atoms with E-state index in [1.165, 1.54) is 11.1 Å². The summed E-state index contributed by atoms with van der Waals surface area (Å²) in [6.45, 7) is 1.82. The second kappa shape index (κ2) is 5.03. The second-order valence-electron chi connectivity index (χ2n) is 3.78. The molecule has 0 fully saturated rings. The van der Waals surface area contributed by atoms with Crippen molar-refractivity contribution in [3.8, 4) is 0 Å². The van der Waals surface area contributed by atoms with E-state index in [-0.39, 0.29) is 12.4 Å². The summed E-state index contributed by atoms with van der Waals surface area (Å²) >= 11 is 0. The Hall–Kier alpha value is -0.780. The summed E-state index contributed by atoms with van der Waals surface area (Å²) in [4.78, 5) is 0. The van der Waals surface area contributed by atoms with Crippen molar-refractivity contribution in [3.63, 3.8) is 0 Å². The van der Waals surface area contributed by atoms with Crippen LogP contribution in [0.5, 0.6) is 0 Å². The van der Waals surface area contributed by atoms with E-state index < -0.39 is 10.0 Å². The zero-order valence-electron chi connectivity index (χ0n) is 8.99. The lowest BCUT2D eigenvalue weighted by atomic mass is 10.0. The van der Waals surface area contributed by atoms with Gasteiger partial charge in [-0.05, 0) is 36.2 Å². The van der Waals surface area contributed by atoms with Crippen molar-refractivity contribution in [1.82, 2.24) is 5.32 Å². The zero-order valence-corrected chi connectivity index (χ0v) is 10.6. The highest BCUT2D eigenvalue weighted by Gasteiger charge is 2.10. The Morgan fingerprint density at radius 1 is 1.31 bits per heavy atom. The summed E-state index contributed by atoms with van der Waals surface area (Å²) < 4.78 is 24.6. The smallest absolute Gasteiger partial charge is 0.229 e. The molecule has 0 radical (unpaired) electrons. The fourth-order valence-electron chi connectivity index (χ4n) is 1.75. The van der Waals surface area contributed by atoms with Crippen LogP contribution in [0.2, 0.25) is 0 Å². The predicted molar refractivity (Wildman–Crippen MR) is 67.6 cm³/mol. The Balaban J connectivity index is 0.00000128. The summed E-state index contributed by atoms with van der Waals surface area (Å²) in [5.41, 5.74) is 3.13. The molecular formula is C10H15ClN2O2S. The third kappa shape index (κ3) is 3.37. The molecule has 2 rings (SSSR count). The molecule has 0 aromatic heterocycles. The average Bonchev–Trinajstić information content (AvgIpc) is 2.15. The minimum Gasteiger partial charge on any atom is -0.312 e. The van der Waals surface area contributed by atoms with Gasteiger partial charge in [0.25, 0.3) is 0 Å². The number of hydrogen-bond donors (Lipinski definition) is 2. The molecule has 1 aromatic carbocycles. The van der Waals surface area contributed by atoms with Crippen LogP contribution in [0, 0.1) is 0 Å². The largest absolute Gasteiger partial charge is 0.312 e. The van der Waals surface area contributed by atoms with Crippen molar-refractivity contribution in [2.24, 2.45) is 0 Å². The van der Waals surface area contributed by atoms with E-state index in [2.05, 4.69) is 10.0 Å². The molecule has 1 aromatic rings. The monoisotopic (exact) mass is 262 g/mol. The van der Waals surface area contributed by atoms with E-state index in [0.29, 0.717) is 5.69 Å². The summed E-state index contributed by atoms with van der Waals surface area (Å²) in [6, 6.07) is 5.68. The number of halogens is 1. The van der Waals surface area contributed by atoms with E-state index in [4.69, 9.17) is 0 Å². The van der Waals surface area contributed by atoms with Gasteiger partial charge in [0.15, 0.2) is 0 Å². The zero-order chi connectivity index (χ0) is 10.9. The van der Waals surface area contributed by atoms with Crippen LogP contribution in [-0.2, 0) is 23.0 Å². The average molecular weight is 263 g/mol. The third-order valence-corrected chi connectivity index (χ3v) is 3.00. The first-order valence-corrected chi connectivity index (χ1v) is 6.74. The molecule has 0 atom stereocenters. The van der Waals surface area contributed by atoms with E-state index in [1.54, 1.807) is 6.07 Å². The van der Waals surface area contributed by atoms with Gasteiger partial charge in [0.2, 0.25) is 10.0 Å². The van der Waals surface area contributed by atoms with Crippen molar-refractivity contribution >= 4 is 28.1 Å². The number of rotatable bonds is 2. The Morgan fingerprint density at radius 3 is 2.75 bits per heavy atom. The van der Waals surface area contributed by atoms with E-state index in [9.17, 15) is 8.42 Å². The van der Waals surface area contributed by atoms with Crippen LogP contribution in [0.3, 0.4) is 0 Å². The molecule has 4 nitrogen and oxygen atoms in total. The van der Waals surface area contributed by atoms with E-state index in [0.717, 1.165) is 25.8 Å². The van der Waals surface area contributed by atoms with Crippen LogP contribution in [-0.4, -0.2) is 21.2 Å². The molecule has 0 saturated heterocycles. The molecule has 2 N–H and O–H groups in total. The van der Waals surface area contributed by atoms with Gasteiger partial charge >= 0.3 is 0 Å². The molecule has 16 heavy (non-hydrogen) atoms. The highest BCUT2D eigenvalue weighted by atomic mass is 35.5. The molecule has 0 unspecified atom stereocenters. The van der Waals surface area contributed by atoms with Gasteiger partial charge in [-0.3, -0.25) is 4.72 Å². The van der Waals surface area contributed by atoms with Crippen LogP contribution >= 0.6 is 12.4 Å². The van der Waals surface area contributed by atoms with Gasteiger partial charge in [0, 0.05) is 12.2 Å². The molecule has 1 aliphatic heterocycles. The number of anilines is 1. The maximum Gasteiger partial charge on any atom is 0.229 e. The second-order valence-corrected chi connectivity index (χ2v) is 5.53. The molecule has 0 spiro atoms. The van der Waals surface area contributed by atoms with Crippen molar-refractivity contribution in [1.29, 1.82) is 0 Å². The quantitative estimate of drug-likeness (QED) is 0.840. The summed E-state index contributed by atoms with van der Waals surface area (Å²) in [5, 5.41) is 3.27. The minimum atomic E-state index is -3.17. The van der Waals surface area contributed by atoms with Gasteiger partial charge in [0.05, 0.1) is 6.26 Å². The Labute approximate surface area is 102 Å². The van der Waals surface area contributed by atoms with Gasteiger partial charge in [-0.25, -0.2) is 8.42 Å². The Bertz CT molecular complexity index is 474. The topological polar surface area (TPSA) is 58.2 Å². The number of fused-ring (bicyclic) bond motifs is 1. The SMILES string of the molecule is CS(=O)(=O)Nc1ccc2c(c1)CCNC2.Cl. The van der Waals surface area contributed by atoms with E-state index >= 15 is 0 Å². The molecular weight excluding hydrogens is 248 g/mol. The summed E-state index contributed by atoms with van der Waals surface area (Å²) in [6.07, 6.45) is 2.11. The van der Waals surface area contributed by atoms with Gasteiger partial charge in [-0.15, -0.1) is 12.4 Å². The van der Waals surface area contributed by atoms with Crippen LogP contribution in [0.4, 0.5) is 5.69 Å². The van der Waals surface area contributed by atoms with Gasteiger partial charge in [-0.1, -0.05) is 6.07 Å². The Kier molecular flexibility index (Phi) is 4.18. The number of sulfonamides is 1. The Morgan fingerprint density at radius 2 is 2.06 bits per heavy atom. The number of nitrogens with one attached hydrogen (secondary N) is 2. The number of hydrogen-bond acceptors (Lipinski definition) is 3. The highest BCUT2D eigenvalue weighted by molar-refractivity contribution is 7.92. The molecule has 0 bridgehead atoms. The normalized spacial score (nSPS) is 14.8.